The molecule has 2 atom stereocenters. The van der Waals surface area contributed by atoms with Gasteiger partial charge in [0.05, 0.1) is 0 Å². The van der Waals surface area contributed by atoms with Crippen molar-refractivity contribution in [3.8, 4) is 0 Å². The van der Waals surface area contributed by atoms with E-state index in [4.69, 9.17) is 5.73 Å². The van der Waals surface area contributed by atoms with Crippen LogP contribution in [0, 0.1) is 0 Å². The zero-order valence-corrected chi connectivity index (χ0v) is 14.8. The van der Waals surface area contributed by atoms with Crippen LogP contribution in [0.25, 0.3) is 11.2 Å². The molecule has 8 heteroatoms. The molecule has 1 aliphatic carbocycles. The predicted octanol–water partition coefficient (Wildman–Crippen LogP) is -0.0643. The van der Waals surface area contributed by atoms with Crippen LogP contribution < -0.4 is 21.9 Å². The summed E-state index contributed by atoms with van der Waals surface area (Å²) in [6.45, 7) is 4.54. The van der Waals surface area contributed by atoms with Crippen LogP contribution >= 0.6 is 0 Å². The maximum absolute atomic E-state index is 12.7. The monoisotopic (exact) mass is 332 g/mol. The van der Waals surface area contributed by atoms with E-state index in [0.29, 0.717) is 23.7 Å². The number of anilines is 1. The highest BCUT2D eigenvalue weighted by atomic mass is 16.2. The van der Waals surface area contributed by atoms with Crippen LogP contribution in [-0.4, -0.2) is 37.8 Å². The Labute approximate surface area is 139 Å². The fraction of sp³-hybridized carbons (Fsp3) is 0.562. The second kappa shape index (κ2) is 5.62. The lowest BCUT2D eigenvalue weighted by molar-refractivity contribution is 0.702. The number of likely N-dealkylation sites (N-methyl/N-ethyl adjacent to an activating group) is 1. The van der Waals surface area contributed by atoms with Gasteiger partial charge < -0.3 is 15.2 Å². The number of fused-ring (bicyclic) bond motifs is 1. The Hall–Kier alpha value is -2.35. The molecule has 1 fully saturated rings. The van der Waals surface area contributed by atoms with Crippen LogP contribution in [0.5, 0.6) is 0 Å². The highest BCUT2D eigenvalue weighted by Gasteiger charge is 2.39. The van der Waals surface area contributed by atoms with Gasteiger partial charge in [-0.05, 0) is 20.3 Å². The van der Waals surface area contributed by atoms with E-state index in [1.807, 2.05) is 36.4 Å². The molecule has 1 saturated carbocycles. The quantitative estimate of drug-likeness (QED) is 0.792. The van der Waals surface area contributed by atoms with Gasteiger partial charge in [-0.3, -0.25) is 13.9 Å². The van der Waals surface area contributed by atoms with Gasteiger partial charge in [-0.1, -0.05) is 11.6 Å². The number of aryl methyl sites for hydroxylation is 1. The first-order chi connectivity index (χ1) is 11.2. The molecule has 0 radical (unpaired) electrons. The fourth-order valence-electron chi connectivity index (χ4n) is 2.94. The van der Waals surface area contributed by atoms with Crippen molar-refractivity contribution in [1.82, 2.24) is 18.7 Å². The van der Waals surface area contributed by atoms with Crippen molar-refractivity contribution in [1.29, 1.82) is 0 Å². The SMILES string of the molecule is CC(C)=CCn1c(N(C)C2CC2N)nc2c1c(=O)n(C)c(=O)n2C. The van der Waals surface area contributed by atoms with Gasteiger partial charge in [-0.2, -0.15) is 4.98 Å². The second-order valence-corrected chi connectivity index (χ2v) is 6.76. The summed E-state index contributed by atoms with van der Waals surface area (Å²) in [5.74, 6) is 0.666. The first kappa shape index (κ1) is 16.5. The van der Waals surface area contributed by atoms with Gasteiger partial charge in [0, 0.05) is 39.8 Å². The molecule has 0 aromatic carbocycles. The summed E-state index contributed by atoms with van der Waals surface area (Å²) in [6.07, 6.45) is 2.94. The Morgan fingerprint density at radius 1 is 1.33 bits per heavy atom. The molecule has 2 heterocycles. The Kier molecular flexibility index (Phi) is 3.87. The smallest absolute Gasteiger partial charge is 0.332 e. The third-order valence-electron chi connectivity index (χ3n) is 4.63. The highest BCUT2D eigenvalue weighted by Crippen LogP contribution is 2.30. The molecule has 1 aliphatic rings. The average molecular weight is 332 g/mol. The molecule has 3 rings (SSSR count). The molecule has 0 bridgehead atoms. The molecule has 2 aromatic heterocycles. The molecule has 0 amide bonds. The van der Waals surface area contributed by atoms with Crippen molar-refractivity contribution >= 4 is 17.1 Å². The molecular weight excluding hydrogens is 308 g/mol. The summed E-state index contributed by atoms with van der Waals surface area (Å²) < 4.78 is 4.41. The molecular formula is C16H24N6O2. The highest BCUT2D eigenvalue weighted by molar-refractivity contribution is 5.74. The largest absolute Gasteiger partial charge is 0.341 e. The summed E-state index contributed by atoms with van der Waals surface area (Å²) in [5, 5.41) is 0. The van der Waals surface area contributed by atoms with Gasteiger partial charge in [0.1, 0.15) is 0 Å². The summed E-state index contributed by atoms with van der Waals surface area (Å²) in [7, 11) is 5.05. The summed E-state index contributed by atoms with van der Waals surface area (Å²) in [5.41, 5.74) is 7.25. The molecule has 2 unspecified atom stereocenters. The van der Waals surface area contributed by atoms with Crippen LogP contribution in [-0.2, 0) is 20.6 Å². The summed E-state index contributed by atoms with van der Waals surface area (Å²) in [4.78, 5) is 31.5. The Bertz CT molecular complexity index is 944. The van der Waals surface area contributed by atoms with Gasteiger partial charge in [-0.25, -0.2) is 4.79 Å². The maximum Gasteiger partial charge on any atom is 0.332 e. The minimum atomic E-state index is -0.378. The zero-order valence-electron chi connectivity index (χ0n) is 14.8. The number of hydrogen-bond acceptors (Lipinski definition) is 5. The molecule has 0 aliphatic heterocycles. The number of aromatic nitrogens is 4. The van der Waals surface area contributed by atoms with E-state index in [9.17, 15) is 9.59 Å². The standard InChI is InChI=1S/C16H24N6O2/c1-9(2)6-7-22-12-13(20(4)16(24)21(5)14(12)23)18-15(22)19(3)11-8-10(11)17/h6,10-11H,7-8,17H2,1-5H3. The Morgan fingerprint density at radius 2 is 1.96 bits per heavy atom. The predicted molar refractivity (Wildman–Crippen MR) is 94.4 cm³/mol. The number of allylic oxidation sites excluding steroid dienone is 2. The van der Waals surface area contributed by atoms with E-state index in [-0.39, 0.29) is 23.3 Å². The van der Waals surface area contributed by atoms with Gasteiger partial charge >= 0.3 is 5.69 Å². The maximum atomic E-state index is 12.7. The van der Waals surface area contributed by atoms with Crippen LogP contribution in [0.3, 0.4) is 0 Å². The molecule has 0 saturated heterocycles. The first-order valence-electron chi connectivity index (χ1n) is 8.02. The first-order valence-corrected chi connectivity index (χ1v) is 8.02. The Morgan fingerprint density at radius 3 is 2.50 bits per heavy atom. The van der Waals surface area contributed by atoms with E-state index >= 15 is 0 Å². The molecule has 24 heavy (non-hydrogen) atoms. The van der Waals surface area contributed by atoms with Crippen molar-refractivity contribution in [3.05, 3.63) is 32.5 Å². The number of hydrogen-bond donors (Lipinski definition) is 1. The lowest BCUT2D eigenvalue weighted by atomic mass is 10.3. The zero-order chi connectivity index (χ0) is 17.8. The summed E-state index contributed by atoms with van der Waals surface area (Å²) >= 11 is 0. The summed E-state index contributed by atoms with van der Waals surface area (Å²) in [6, 6.07) is 0.339. The van der Waals surface area contributed by atoms with Crippen molar-refractivity contribution in [2.45, 2.75) is 38.9 Å². The number of nitrogens with two attached hydrogens (primary N) is 1. The van der Waals surface area contributed by atoms with Crippen molar-refractivity contribution in [2.75, 3.05) is 11.9 Å². The minimum absolute atomic E-state index is 0.123. The number of rotatable bonds is 4. The second-order valence-electron chi connectivity index (χ2n) is 6.76. The molecule has 2 aromatic rings. The van der Waals surface area contributed by atoms with Gasteiger partial charge in [0.25, 0.3) is 5.56 Å². The van der Waals surface area contributed by atoms with E-state index in [1.54, 1.807) is 7.05 Å². The molecule has 8 nitrogen and oxygen atoms in total. The van der Waals surface area contributed by atoms with E-state index in [1.165, 1.54) is 11.6 Å². The van der Waals surface area contributed by atoms with Crippen LogP contribution in [0.15, 0.2) is 21.2 Å². The van der Waals surface area contributed by atoms with E-state index in [2.05, 4.69) is 4.98 Å². The van der Waals surface area contributed by atoms with Crippen LogP contribution in [0.2, 0.25) is 0 Å². The lowest BCUT2D eigenvalue weighted by Crippen LogP contribution is -2.37. The van der Waals surface area contributed by atoms with Crippen molar-refractivity contribution in [2.24, 2.45) is 19.8 Å². The number of nitrogens with zero attached hydrogens (tertiary/aromatic N) is 5. The normalized spacial score (nSPS) is 19.6. The third-order valence-corrected chi connectivity index (χ3v) is 4.63. The fourth-order valence-corrected chi connectivity index (χ4v) is 2.94. The van der Waals surface area contributed by atoms with Gasteiger partial charge in [-0.15, -0.1) is 0 Å². The minimum Gasteiger partial charge on any atom is -0.341 e. The topological polar surface area (TPSA) is 91.1 Å². The van der Waals surface area contributed by atoms with Crippen LogP contribution in [0.4, 0.5) is 5.95 Å². The molecule has 130 valence electrons. The van der Waals surface area contributed by atoms with Crippen LogP contribution in [0.1, 0.15) is 20.3 Å². The lowest BCUT2D eigenvalue weighted by Gasteiger charge is -2.19. The Balaban J connectivity index is 2.30. The van der Waals surface area contributed by atoms with Crippen molar-refractivity contribution < 1.29 is 0 Å². The number of imidazole rings is 1. The third kappa shape index (κ3) is 2.47. The van der Waals surface area contributed by atoms with E-state index in [0.717, 1.165) is 16.6 Å². The molecule has 2 N–H and O–H groups in total. The molecule has 0 spiro atoms. The van der Waals surface area contributed by atoms with Gasteiger partial charge in [0.2, 0.25) is 5.95 Å². The van der Waals surface area contributed by atoms with Crippen molar-refractivity contribution in [3.63, 3.8) is 0 Å². The average Bonchev–Trinajstić information content (AvgIpc) is 3.13. The van der Waals surface area contributed by atoms with E-state index < -0.39 is 0 Å². The van der Waals surface area contributed by atoms with Gasteiger partial charge in [0.15, 0.2) is 11.2 Å².